The fraction of sp³-hybridized carbons (Fsp3) is 0.133. The van der Waals surface area contributed by atoms with E-state index in [0.717, 1.165) is 27.8 Å². The van der Waals surface area contributed by atoms with Crippen molar-refractivity contribution < 1.29 is 0 Å². The number of rotatable bonds is 4. The first-order valence-electron chi connectivity index (χ1n) is 6.51. The van der Waals surface area contributed by atoms with E-state index in [1.165, 1.54) is 0 Å². The van der Waals surface area contributed by atoms with Gasteiger partial charge in [0.15, 0.2) is 5.82 Å². The van der Waals surface area contributed by atoms with Gasteiger partial charge in [-0.3, -0.25) is 0 Å². The zero-order valence-corrected chi connectivity index (χ0v) is 12.2. The molecule has 0 aliphatic carbocycles. The lowest BCUT2D eigenvalue weighted by Gasteiger charge is -2.07. The largest absolute Gasteiger partial charge is 0.366 e. The Labute approximate surface area is 127 Å². The minimum atomic E-state index is 0.687. The van der Waals surface area contributed by atoms with Crippen LogP contribution in [0.25, 0.3) is 11.4 Å². The summed E-state index contributed by atoms with van der Waals surface area (Å²) in [6.07, 6.45) is 3.44. The molecule has 5 nitrogen and oxygen atoms in total. The topological polar surface area (TPSA) is 55.6 Å². The van der Waals surface area contributed by atoms with Gasteiger partial charge in [-0.25, -0.2) is 4.98 Å². The number of pyridine rings is 1. The second kappa shape index (κ2) is 5.93. The molecule has 2 aromatic heterocycles. The first-order chi connectivity index (χ1) is 10.2. The Morgan fingerprint density at radius 3 is 2.71 bits per heavy atom. The molecule has 1 N–H and O–H groups in total. The van der Waals surface area contributed by atoms with Crippen LogP contribution in [0.1, 0.15) is 5.56 Å². The van der Waals surface area contributed by atoms with E-state index >= 15 is 0 Å². The summed E-state index contributed by atoms with van der Waals surface area (Å²) >= 11 is 5.87. The lowest BCUT2D eigenvalue weighted by molar-refractivity contribution is 0.919. The van der Waals surface area contributed by atoms with E-state index in [1.807, 2.05) is 48.0 Å². The van der Waals surface area contributed by atoms with Crippen LogP contribution in [0.5, 0.6) is 0 Å². The molecule has 0 aliphatic rings. The molecule has 0 aliphatic heterocycles. The number of anilines is 1. The van der Waals surface area contributed by atoms with Crippen LogP contribution >= 0.6 is 11.6 Å². The Hall–Kier alpha value is -2.40. The zero-order chi connectivity index (χ0) is 14.7. The third kappa shape index (κ3) is 3.20. The maximum Gasteiger partial charge on any atom is 0.163 e. The standard InChI is InChI=1S/C15H14ClN5/c1-21-10-19-20-15(21)12-6-7-17-14(8-12)18-9-11-2-4-13(16)5-3-11/h2-8,10H,9H2,1H3,(H,17,18). The van der Waals surface area contributed by atoms with Crippen LogP contribution in [0.3, 0.4) is 0 Å². The highest BCUT2D eigenvalue weighted by Gasteiger charge is 2.05. The summed E-state index contributed by atoms with van der Waals surface area (Å²) in [6, 6.07) is 11.6. The third-order valence-corrected chi connectivity index (χ3v) is 3.37. The van der Waals surface area contributed by atoms with E-state index < -0.39 is 0 Å². The first kappa shape index (κ1) is 13.6. The summed E-state index contributed by atoms with van der Waals surface area (Å²) in [5.41, 5.74) is 2.12. The van der Waals surface area contributed by atoms with Crippen LogP contribution in [0.2, 0.25) is 5.02 Å². The van der Waals surface area contributed by atoms with Gasteiger partial charge in [0.1, 0.15) is 12.1 Å². The van der Waals surface area contributed by atoms with Gasteiger partial charge >= 0.3 is 0 Å². The van der Waals surface area contributed by atoms with Gasteiger partial charge in [-0.2, -0.15) is 0 Å². The molecule has 6 heteroatoms. The van der Waals surface area contributed by atoms with E-state index in [9.17, 15) is 0 Å². The van der Waals surface area contributed by atoms with Crippen molar-refractivity contribution in [3.05, 3.63) is 59.5 Å². The van der Waals surface area contributed by atoms with Crippen LogP contribution in [0, 0.1) is 0 Å². The molecule has 0 amide bonds. The van der Waals surface area contributed by atoms with Crippen molar-refractivity contribution in [1.82, 2.24) is 19.7 Å². The SMILES string of the molecule is Cn1cnnc1-c1ccnc(NCc2ccc(Cl)cc2)c1. The molecule has 0 spiro atoms. The monoisotopic (exact) mass is 299 g/mol. The summed E-state index contributed by atoms with van der Waals surface area (Å²) in [5.74, 6) is 1.61. The number of nitrogens with zero attached hydrogens (tertiary/aromatic N) is 4. The second-order valence-corrected chi connectivity index (χ2v) is 5.11. The molecule has 3 aromatic rings. The normalized spacial score (nSPS) is 10.6. The number of aromatic nitrogens is 4. The number of hydrogen-bond acceptors (Lipinski definition) is 4. The van der Waals surface area contributed by atoms with Crippen molar-refractivity contribution in [3.63, 3.8) is 0 Å². The van der Waals surface area contributed by atoms with Crippen LogP contribution < -0.4 is 5.32 Å². The van der Waals surface area contributed by atoms with E-state index in [0.29, 0.717) is 6.54 Å². The average molecular weight is 300 g/mol. The molecule has 106 valence electrons. The summed E-state index contributed by atoms with van der Waals surface area (Å²) in [7, 11) is 1.91. The molecule has 0 bridgehead atoms. The van der Waals surface area contributed by atoms with E-state index in [-0.39, 0.29) is 0 Å². The molecule has 3 rings (SSSR count). The van der Waals surface area contributed by atoms with Crippen LogP contribution in [0.15, 0.2) is 48.9 Å². The van der Waals surface area contributed by atoms with Gasteiger partial charge < -0.3 is 9.88 Å². The summed E-state index contributed by atoms with van der Waals surface area (Å²) in [4.78, 5) is 4.32. The van der Waals surface area contributed by atoms with Crippen molar-refractivity contribution >= 4 is 17.4 Å². The Bertz CT molecular complexity index is 736. The highest BCUT2D eigenvalue weighted by Crippen LogP contribution is 2.18. The van der Waals surface area contributed by atoms with Gasteiger partial charge in [0.25, 0.3) is 0 Å². The van der Waals surface area contributed by atoms with Gasteiger partial charge in [-0.05, 0) is 29.8 Å². The fourth-order valence-electron chi connectivity index (χ4n) is 2.01. The van der Waals surface area contributed by atoms with E-state index in [1.54, 1.807) is 12.5 Å². The third-order valence-electron chi connectivity index (χ3n) is 3.12. The zero-order valence-electron chi connectivity index (χ0n) is 11.5. The number of nitrogens with one attached hydrogen (secondary N) is 1. The van der Waals surface area contributed by atoms with Gasteiger partial charge in [0, 0.05) is 30.4 Å². The Morgan fingerprint density at radius 1 is 1.19 bits per heavy atom. The quantitative estimate of drug-likeness (QED) is 0.804. The molecule has 0 saturated heterocycles. The minimum Gasteiger partial charge on any atom is -0.366 e. The summed E-state index contributed by atoms with van der Waals surface area (Å²) < 4.78 is 1.87. The van der Waals surface area contributed by atoms with Crippen LogP contribution in [-0.4, -0.2) is 19.7 Å². The molecular weight excluding hydrogens is 286 g/mol. The average Bonchev–Trinajstić information content (AvgIpc) is 2.93. The van der Waals surface area contributed by atoms with E-state index in [4.69, 9.17) is 11.6 Å². The maximum absolute atomic E-state index is 5.87. The molecule has 21 heavy (non-hydrogen) atoms. The van der Waals surface area contributed by atoms with E-state index in [2.05, 4.69) is 20.5 Å². The minimum absolute atomic E-state index is 0.687. The maximum atomic E-state index is 5.87. The smallest absolute Gasteiger partial charge is 0.163 e. The Balaban J connectivity index is 1.74. The molecule has 1 aromatic carbocycles. The molecule has 0 unspecified atom stereocenters. The van der Waals surface area contributed by atoms with Gasteiger partial charge in [0.2, 0.25) is 0 Å². The highest BCUT2D eigenvalue weighted by atomic mass is 35.5. The number of hydrogen-bond donors (Lipinski definition) is 1. The predicted molar refractivity (Wildman–Crippen MR) is 83.0 cm³/mol. The van der Waals surface area contributed by atoms with Gasteiger partial charge in [-0.1, -0.05) is 23.7 Å². The van der Waals surface area contributed by atoms with Crippen molar-refractivity contribution in [2.75, 3.05) is 5.32 Å². The van der Waals surface area contributed by atoms with Crippen molar-refractivity contribution in [3.8, 4) is 11.4 Å². The molecule has 0 saturated carbocycles. The lowest BCUT2D eigenvalue weighted by atomic mass is 10.2. The molecule has 0 atom stereocenters. The summed E-state index contributed by atoms with van der Waals surface area (Å²) in [6.45, 7) is 0.687. The van der Waals surface area contributed by atoms with Crippen LogP contribution in [0.4, 0.5) is 5.82 Å². The molecule has 0 radical (unpaired) electrons. The summed E-state index contributed by atoms with van der Waals surface area (Å²) in [5, 5.41) is 12.0. The fourth-order valence-corrected chi connectivity index (χ4v) is 2.13. The van der Waals surface area contributed by atoms with Crippen LogP contribution in [-0.2, 0) is 13.6 Å². The molecule has 2 heterocycles. The Morgan fingerprint density at radius 2 is 2.00 bits per heavy atom. The predicted octanol–water partition coefficient (Wildman–Crippen LogP) is 3.14. The molecular formula is C15H14ClN5. The lowest BCUT2D eigenvalue weighted by Crippen LogP contribution is -2.01. The van der Waals surface area contributed by atoms with Crippen molar-refractivity contribution in [2.45, 2.75) is 6.54 Å². The highest BCUT2D eigenvalue weighted by molar-refractivity contribution is 6.30. The Kier molecular flexibility index (Phi) is 3.83. The number of aryl methyl sites for hydroxylation is 1. The van der Waals surface area contributed by atoms with Gasteiger partial charge in [-0.15, -0.1) is 10.2 Å². The molecule has 0 fully saturated rings. The van der Waals surface area contributed by atoms with Crippen molar-refractivity contribution in [1.29, 1.82) is 0 Å². The first-order valence-corrected chi connectivity index (χ1v) is 6.89. The number of benzene rings is 1. The van der Waals surface area contributed by atoms with Crippen molar-refractivity contribution in [2.24, 2.45) is 7.05 Å². The second-order valence-electron chi connectivity index (χ2n) is 4.68. The van der Waals surface area contributed by atoms with Gasteiger partial charge in [0.05, 0.1) is 0 Å². The number of halogens is 1.